The van der Waals surface area contributed by atoms with Gasteiger partial charge in [-0.1, -0.05) is 24.3 Å². The number of carbonyl (C=O) groups excluding carboxylic acids is 2. The lowest BCUT2D eigenvalue weighted by Gasteiger charge is -2.45. The summed E-state index contributed by atoms with van der Waals surface area (Å²) in [5.74, 6) is 1.28. The van der Waals surface area contributed by atoms with Crippen molar-refractivity contribution in [2.75, 3.05) is 25.5 Å². The highest BCUT2D eigenvalue weighted by atomic mass is 16.5. The van der Waals surface area contributed by atoms with E-state index in [9.17, 15) is 9.59 Å². The quantitative estimate of drug-likeness (QED) is 0.666. The van der Waals surface area contributed by atoms with Crippen molar-refractivity contribution in [2.45, 2.75) is 31.1 Å². The molecule has 1 unspecified atom stereocenters. The number of nitrogens with one attached hydrogen (secondary N) is 1. The Bertz CT molecular complexity index is 1150. The number of anilines is 1. The van der Waals surface area contributed by atoms with Crippen molar-refractivity contribution in [3.8, 4) is 5.75 Å². The van der Waals surface area contributed by atoms with Crippen LogP contribution in [0.3, 0.4) is 0 Å². The maximum atomic E-state index is 13.1. The van der Waals surface area contributed by atoms with E-state index in [0.717, 1.165) is 5.82 Å². The van der Waals surface area contributed by atoms with E-state index in [2.05, 4.69) is 10.3 Å². The smallest absolute Gasteiger partial charge is 0.255 e. The molecule has 1 atom stereocenters. The lowest BCUT2D eigenvalue weighted by molar-refractivity contribution is -0.168. The number of hydrogen-bond donors (Lipinski definition) is 1. The third-order valence-electron chi connectivity index (χ3n) is 6.36. The molecule has 170 valence electrons. The highest BCUT2D eigenvalue weighted by Gasteiger charge is 2.47. The summed E-state index contributed by atoms with van der Waals surface area (Å²) in [6.45, 7) is 1.45. The van der Waals surface area contributed by atoms with E-state index in [0.29, 0.717) is 49.5 Å². The Hall–Kier alpha value is -3.65. The number of ether oxygens (including phenoxy) is 2. The predicted molar refractivity (Wildman–Crippen MR) is 122 cm³/mol. The standard InChI is InChI=1S/C25H26N4O4/c1-32-20-9-5-8-19(16-20)27-22(30)21-17-29-15-12-26-24(29)25(33-21)10-13-28(14-11-25)23(31)18-6-3-2-4-7-18/h2-9,12,15-16,21H,10-11,13-14,17H2,1H3,(H,27,30). The molecule has 1 N–H and O–H groups in total. The van der Waals surface area contributed by atoms with Crippen molar-refractivity contribution in [3.63, 3.8) is 0 Å². The number of carbonyl (C=O) groups is 2. The van der Waals surface area contributed by atoms with Crippen LogP contribution in [0.25, 0.3) is 0 Å². The first-order valence-corrected chi connectivity index (χ1v) is 11.1. The number of fused-ring (bicyclic) bond motifs is 2. The minimum Gasteiger partial charge on any atom is -0.497 e. The fraction of sp³-hybridized carbons (Fsp3) is 0.320. The van der Waals surface area contributed by atoms with Crippen LogP contribution in [-0.4, -0.2) is 52.6 Å². The van der Waals surface area contributed by atoms with Gasteiger partial charge in [-0.15, -0.1) is 0 Å². The van der Waals surface area contributed by atoms with Gasteiger partial charge in [-0.2, -0.15) is 0 Å². The van der Waals surface area contributed by atoms with Crippen LogP contribution in [0.5, 0.6) is 5.75 Å². The molecule has 0 bridgehead atoms. The van der Waals surface area contributed by atoms with Gasteiger partial charge in [0.25, 0.3) is 11.8 Å². The summed E-state index contributed by atoms with van der Waals surface area (Å²) in [5, 5.41) is 2.94. The summed E-state index contributed by atoms with van der Waals surface area (Å²) in [4.78, 5) is 32.4. The van der Waals surface area contributed by atoms with Crippen LogP contribution in [0, 0.1) is 0 Å². The molecule has 2 aliphatic rings. The zero-order valence-electron chi connectivity index (χ0n) is 18.4. The first-order chi connectivity index (χ1) is 16.1. The molecule has 33 heavy (non-hydrogen) atoms. The molecule has 2 aromatic carbocycles. The molecule has 3 heterocycles. The van der Waals surface area contributed by atoms with Crippen LogP contribution < -0.4 is 10.1 Å². The van der Waals surface area contributed by atoms with E-state index in [1.54, 1.807) is 19.4 Å². The number of hydrogen-bond acceptors (Lipinski definition) is 5. The van der Waals surface area contributed by atoms with Crippen molar-refractivity contribution in [1.82, 2.24) is 14.5 Å². The minimum absolute atomic E-state index is 0.0110. The Balaban J connectivity index is 1.32. The number of imidazole rings is 1. The maximum Gasteiger partial charge on any atom is 0.255 e. The molecular weight excluding hydrogens is 420 g/mol. The number of rotatable bonds is 4. The first kappa shape index (κ1) is 21.2. The molecule has 2 amide bonds. The van der Waals surface area contributed by atoms with Crippen LogP contribution in [-0.2, 0) is 21.7 Å². The molecule has 0 radical (unpaired) electrons. The fourth-order valence-corrected chi connectivity index (χ4v) is 4.63. The normalized spacial score (nSPS) is 19.1. The lowest BCUT2D eigenvalue weighted by atomic mass is 9.88. The number of aromatic nitrogens is 2. The summed E-state index contributed by atoms with van der Waals surface area (Å²) < 4.78 is 13.7. The van der Waals surface area contributed by atoms with Crippen molar-refractivity contribution >= 4 is 17.5 Å². The van der Waals surface area contributed by atoms with Crippen LogP contribution >= 0.6 is 0 Å². The monoisotopic (exact) mass is 446 g/mol. The molecule has 0 aliphatic carbocycles. The van der Waals surface area contributed by atoms with E-state index in [1.165, 1.54) is 0 Å². The number of nitrogens with zero attached hydrogens (tertiary/aromatic N) is 3. The molecule has 0 saturated carbocycles. The van der Waals surface area contributed by atoms with Gasteiger partial charge in [-0.3, -0.25) is 9.59 Å². The fourth-order valence-electron chi connectivity index (χ4n) is 4.63. The van der Waals surface area contributed by atoms with Gasteiger partial charge in [-0.25, -0.2) is 4.98 Å². The first-order valence-electron chi connectivity index (χ1n) is 11.1. The van der Waals surface area contributed by atoms with E-state index in [-0.39, 0.29) is 11.8 Å². The molecule has 1 spiro atoms. The molecule has 1 fully saturated rings. The highest BCUT2D eigenvalue weighted by Crippen LogP contribution is 2.40. The molecule has 1 saturated heterocycles. The molecule has 8 nitrogen and oxygen atoms in total. The van der Waals surface area contributed by atoms with Gasteiger partial charge < -0.3 is 24.3 Å². The Labute approximate surface area is 192 Å². The molecular formula is C25H26N4O4. The third-order valence-corrected chi connectivity index (χ3v) is 6.36. The largest absolute Gasteiger partial charge is 0.497 e. The second-order valence-electron chi connectivity index (χ2n) is 8.38. The van der Waals surface area contributed by atoms with E-state index in [4.69, 9.17) is 9.47 Å². The van der Waals surface area contributed by atoms with Crippen LogP contribution in [0.15, 0.2) is 67.0 Å². The highest BCUT2D eigenvalue weighted by molar-refractivity contribution is 5.95. The van der Waals surface area contributed by atoms with Gasteiger partial charge in [0.2, 0.25) is 0 Å². The number of methoxy groups -OCH3 is 1. The lowest BCUT2D eigenvalue weighted by Crippen LogP contribution is -2.54. The van der Waals surface area contributed by atoms with E-state index < -0.39 is 11.7 Å². The SMILES string of the molecule is COc1cccc(NC(=O)C2Cn3ccnc3C3(CCN(C(=O)c4ccccc4)CC3)O2)c1. The van der Waals surface area contributed by atoms with Gasteiger partial charge in [0, 0.05) is 55.6 Å². The number of likely N-dealkylation sites (tertiary alicyclic amines) is 1. The molecule has 3 aromatic rings. The van der Waals surface area contributed by atoms with Crippen molar-refractivity contribution in [3.05, 3.63) is 78.4 Å². The summed E-state index contributed by atoms with van der Waals surface area (Å²) in [5.41, 5.74) is 0.623. The number of amides is 2. The predicted octanol–water partition coefficient (Wildman–Crippen LogP) is 3.06. The van der Waals surface area contributed by atoms with Gasteiger partial charge in [-0.05, 0) is 24.3 Å². The van der Waals surface area contributed by atoms with E-state index in [1.807, 2.05) is 64.2 Å². The maximum absolute atomic E-state index is 13.1. The summed E-state index contributed by atoms with van der Waals surface area (Å²) >= 11 is 0. The van der Waals surface area contributed by atoms with Gasteiger partial charge >= 0.3 is 0 Å². The molecule has 5 rings (SSSR count). The van der Waals surface area contributed by atoms with E-state index >= 15 is 0 Å². The third kappa shape index (κ3) is 4.09. The topological polar surface area (TPSA) is 85.7 Å². The van der Waals surface area contributed by atoms with Crippen LogP contribution in [0.4, 0.5) is 5.69 Å². The Morgan fingerprint density at radius 1 is 1.12 bits per heavy atom. The minimum atomic E-state index is -0.703. The van der Waals surface area contributed by atoms with Crippen molar-refractivity contribution < 1.29 is 19.1 Å². The molecule has 2 aliphatic heterocycles. The van der Waals surface area contributed by atoms with Crippen LogP contribution in [0.1, 0.15) is 29.0 Å². The Morgan fingerprint density at radius 3 is 2.67 bits per heavy atom. The number of benzene rings is 2. The van der Waals surface area contributed by atoms with Crippen molar-refractivity contribution in [1.29, 1.82) is 0 Å². The Kier molecular flexibility index (Phi) is 5.60. The second kappa shape index (κ2) is 8.71. The summed E-state index contributed by atoms with van der Waals surface area (Å²) in [6.07, 6.45) is 4.10. The Morgan fingerprint density at radius 2 is 1.91 bits per heavy atom. The molecule has 8 heteroatoms. The average molecular weight is 447 g/mol. The number of piperidine rings is 1. The van der Waals surface area contributed by atoms with Crippen molar-refractivity contribution in [2.24, 2.45) is 0 Å². The average Bonchev–Trinajstić information content (AvgIpc) is 3.35. The summed E-state index contributed by atoms with van der Waals surface area (Å²) in [7, 11) is 1.59. The molecule has 1 aromatic heterocycles. The van der Waals surface area contributed by atoms with Gasteiger partial charge in [0.1, 0.15) is 17.2 Å². The zero-order valence-corrected chi connectivity index (χ0v) is 18.4. The second-order valence-corrected chi connectivity index (χ2v) is 8.38. The van der Waals surface area contributed by atoms with Gasteiger partial charge in [0.15, 0.2) is 6.10 Å². The summed E-state index contributed by atoms with van der Waals surface area (Å²) in [6, 6.07) is 16.5. The zero-order chi connectivity index (χ0) is 22.8. The van der Waals surface area contributed by atoms with Crippen LogP contribution in [0.2, 0.25) is 0 Å². The van der Waals surface area contributed by atoms with Gasteiger partial charge in [0.05, 0.1) is 13.7 Å².